The summed E-state index contributed by atoms with van der Waals surface area (Å²) in [6.45, 7) is 0.0821. The lowest BCUT2D eigenvalue weighted by Gasteiger charge is -2.44. The molecule has 0 bridgehead atoms. The maximum absolute atomic E-state index is 5.57. The molecule has 0 atom stereocenters. The highest BCUT2D eigenvalue weighted by atomic mass is 15.2. The average molecular weight is 1120 g/mol. The molecule has 0 aliphatic carbocycles. The monoisotopic (exact) mass is 1120 g/mol. The molecule has 2 aliphatic heterocycles. The highest BCUT2D eigenvalue weighted by molar-refractivity contribution is 7.00. The van der Waals surface area contributed by atoms with Crippen molar-refractivity contribution in [1.29, 1.82) is 0 Å². The number of para-hydroxylation sites is 5. The number of hydrogen-bond donors (Lipinski definition) is 0. The van der Waals surface area contributed by atoms with E-state index in [-0.39, 0.29) is 6.71 Å². The molecular weight excluding hydrogens is 1070 g/mol. The molecule has 0 N–H and O–H groups in total. The van der Waals surface area contributed by atoms with E-state index in [1.54, 1.807) is 0 Å². The molecule has 9 heteroatoms. The van der Waals surface area contributed by atoms with E-state index in [1.807, 2.05) is 66.7 Å². The minimum absolute atomic E-state index is 0.0821. The molecule has 0 saturated heterocycles. The normalized spacial score (nSPS) is 12.2. The fourth-order valence-corrected chi connectivity index (χ4v) is 13.2. The van der Waals surface area contributed by atoms with E-state index in [0.717, 1.165) is 94.8 Å². The molecule has 0 amide bonds. The van der Waals surface area contributed by atoms with Gasteiger partial charge in [0.2, 0.25) is 0 Å². The van der Waals surface area contributed by atoms with E-state index >= 15 is 0 Å². The molecule has 410 valence electrons. The van der Waals surface area contributed by atoms with Gasteiger partial charge in [0.1, 0.15) is 0 Å². The lowest BCUT2D eigenvalue weighted by molar-refractivity contribution is 1.07. The van der Waals surface area contributed by atoms with Gasteiger partial charge in [-0.3, -0.25) is 0 Å². The minimum atomic E-state index is 0.0821. The summed E-state index contributed by atoms with van der Waals surface area (Å²) >= 11 is 0. The second kappa shape index (κ2) is 21.1. The van der Waals surface area contributed by atoms with Crippen LogP contribution in [0.4, 0.5) is 34.1 Å². The highest BCUT2D eigenvalue weighted by Gasteiger charge is 2.42. The fraction of sp³-hybridized carbons (Fsp3) is 0. The summed E-state index contributed by atoms with van der Waals surface area (Å²) < 4.78 is 2.34. The lowest BCUT2D eigenvalue weighted by atomic mass is 9.33. The summed E-state index contributed by atoms with van der Waals surface area (Å²) in [4.78, 5) is 31.4. The summed E-state index contributed by atoms with van der Waals surface area (Å²) in [5, 5.41) is 2.32. The third-order valence-corrected chi connectivity index (χ3v) is 17.3. The average Bonchev–Trinajstić information content (AvgIpc) is 1.15. The van der Waals surface area contributed by atoms with Gasteiger partial charge in [-0.25, -0.2) is 24.9 Å². The summed E-state index contributed by atoms with van der Waals surface area (Å²) in [6.07, 6.45) is 0. The van der Waals surface area contributed by atoms with Crippen molar-refractivity contribution in [2.75, 3.05) is 9.80 Å². The maximum atomic E-state index is 5.57. The standard InChI is InChI=1S/C79H51BN8/c1-5-22-54(23-6-1)66-51-67(55-42-40-52(41-43-55)53-44-47-60(48-45-53)87-72-37-20-16-33-65(72)80-64-32-15-19-36-71(64)86(59-28-11-4-12-29-59)73-38-21-39-74(87)75(73)80)82-79(81-66)63-50-58(46-49-70(63)88-68-34-17-13-30-61(68)62-31-14-18-35-69(62)88)78-84-76(56-24-7-2-8-25-56)83-77(85-78)57-26-9-3-10-27-57/h1-51H. The number of hydrogen-bond acceptors (Lipinski definition) is 7. The second-order valence-corrected chi connectivity index (χ2v) is 22.4. The fourth-order valence-electron chi connectivity index (χ4n) is 13.2. The van der Waals surface area contributed by atoms with Crippen LogP contribution < -0.4 is 26.2 Å². The van der Waals surface area contributed by atoms with Gasteiger partial charge >= 0.3 is 0 Å². The van der Waals surface area contributed by atoms with E-state index in [0.29, 0.717) is 23.3 Å². The van der Waals surface area contributed by atoms with Crippen LogP contribution in [0.25, 0.3) is 107 Å². The smallest absolute Gasteiger partial charge is 0.252 e. The zero-order chi connectivity index (χ0) is 58.1. The van der Waals surface area contributed by atoms with Crippen molar-refractivity contribution in [3.8, 4) is 84.9 Å². The van der Waals surface area contributed by atoms with Crippen molar-refractivity contribution in [1.82, 2.24) is 29.5 Å². The SMILES string of the molecule is c1ccc(-c2cc(-c3ccc(-c4ccc(N5c6ccccc6B6c7ccccc7N(c7ccccc7)c7cccc5c76)cc4)cc3)nc(-c3cc(-c4nc(-c5ccccc5)nc(-c5ccccc5)n4)ccc3-n3c4ccccc4c4ccccc43)n2)cc1. The van der Waals surface area contributed by atoms with Gasteiger partial charge in [-0.1, -0.05) is 224 Å². The highest BCUT2D eigenvalue weighted by Crippen LogP contribution is 2.45. The van der Waals surface area contributed by atoms with E-state index in [9.17, 15) is 0 Å². The molecule has 88 heavy (non-hydrogen) atoms. The van der Waals surface area contributed by atoms with Gasteiger partial charge in [-0.05, 0) is 112 Å². The van der Waals surface area contributed by atoms with Crippen LogP contribution in [0, 0.1) is 0 Å². The topological polar surface area (TPSA) is 75.9 Å². The molecule has 12 aromatic carbocycles. The zero-order valence-corrected chi connectivity index (χ0v) is 47.6. The number of nitrogens with zero attached hydrogens (tertiary/aromatic N) is 8. The Morgan fingerprint density at radius 3 is 1.19 bits per heavy atom. The first kappa shape index (κ1) is 50.7. The van der Waals surface area contributed by atoms with Gasteiger partial charge < -0.3 is 14.4 Å². The molecule has 3 aromatic heterocycles. The largest absolute Gasteiger partial charge is 0.311 e. The second-order valence-electron chi connectivity index (χ2n) is 22.4. The number of fused-ring (bicyclic) bond motifs is 7. The van der Waals surface area contributed by atoms with Crippen LogP contribution in [0.2, 0.25) is 0 Å². The van der Waals surface area contributed by atoms with Gasteiger partial charge in [-0.2, -0.15) is 0 Å². The summed E-state index contributed by atoms with van der Waals surface area (Å²) in [6, 6.07) is 109. The lowest BCUT2D eigenvalue weighted by Crippen LogP contribution is -2.61. The third kappa shape index (κ3) is 8.58. The zero-order valence-electron chi connectivity index (χ0n) is 47.6. The Bertz CT molecular complexity index is 5040. The van der Waals surface area contributed by atoms with E-state index < -0.39 is 0 Å². The summed E-state index contributed by atoms with van der Waals surface area (Å²) in [5.41, 5.74) is 23.2. The molecule has 8 nitrogen and oxygen atoms in total. The predicted octanol–water partition coefficient (Wildman–Crippen LogP) is 17.5. The van der Waals surface area contributed by atoms with Crippen LogP contribution in [0.1, 0.15) is 0 Å². The van der Waals surface area contributed by atoms with Gasteiger partial charge in [0.05, 0.1) is 28.1 Å². The Hall–Kier alpha value is -11.8. The van der Waals surface area contributed by atoms with Crippen LogP contribution in [0.15, 0.2) is 309 Å². The minimum Gasteiger partial charge on any atom is -0.311 e. The van der Waals surface area contributed by atoms with Crippen LogP contribution in [0.3, 0.4) is 0 Å². The Morgan fingerprint density at radius 2 is 0.648 bits per heavy atom. The van der Waals surface area contributed by atoms with Crippen molar-refractivity contribution in [3.05, 3.63) is 309 Å². The Morgan fingerprint density at radius 1 is 0.250 bits per heavy atom. The van der Waals surface area contributed by atoms with E-state index in [1.165, 1.54) is 39.1 Å². The molecular formula is C79H51BN8. The van der Waals surface area contributed by atoms with Gasteiger partial charge in [-0.15, -0.1) is 0 Å². The quantitative estimate of drug-likeness (QED) is 0.126. The van der Waals surface area contributed by atoms with Crippen LogP contribution in [-0.2, 0) is 0 Å². The predicted molar refractivity (Wildman–Crippen MR) is 362 cm³/mol. The molecule has 0 spiro atoms. The molecule has 0 radical (unpaired) electrons. The van der Waals surface area contributed by atoms with Gasteiger partial charge in [0, 0.05) is 78.3 Å². The Balaban J connectivity index is 0.780. The molecule has 15 aromatic rings. The van der Waals surface area contributed by atoms with Crippen molar-refractivity contribution in [2.45, 2.75) is 0 Å². The first-order valence-corrected chi connectivity index (χ1v) is 29.8. The molecule has 2 aliphatic rings. The first-order chi connectivity index (χ1) is 43.6. The molecule has 0 unspecified atom stereocenters. The molecule has 0 saturated carbocycles. The van der Waals surface area contributed by atoms with E-state index in [4.69, 9.17) is 24.9 Å². The molecule has 17 rings (SSSR count). The van der Waals surface area contributed by atoms with Crippen LogP contribution in [-0.4, -0.2) is 36.2 Å². The maximum Gasteiger partial charge on any atom is 0.252 e. The van der Waals surface area contributed by atoms with Gasteiger partial charge in [0.25, 0.3) is 6.71 Å². The number of anilines is 6. The van der Waals surface area contributed by atoms with Crippen molar-refractivity contribution in [2.24, 2.45) is 0 Å². The van der Waals surface area contributed by atoms with E-state index in [2.05, 4.69) is 257 Å². The van der Waals surface area contributed by atoms with Crippen molar-refractivity contribution < 1.29 is 0 Å². The number of rotatable bonds is 10. The molecule has 5 heterocycles. The number of aromatic nitrogens is 6. The Labute approximate surface area is 509 Å². The van der Waals surface area contributed by atoms with Crippen LogP contribution >= 0.6 is 0 Å². The summed E-state index contributed by atoms with van der Waals surface area (Å²) in [7, 11) is 0. The van der Waals surface area contributed by atoms with Crippen molar-refractivity contribution in [3.63, 3.8) is 0 Å². The third-order valence-electron chi connectivity index (χ3n) is 17.3. The van der Waals surface area contributed by atoms with Gasteiger partial charge in [0.15, 0.2) is 23.3 Å². The van der Waals surface area contributed by atoms with Crippen LogP contribution in [0.5, 0.6) is 0 Å². The van der Waals surface area contributed by atoms with Crippen molar-refractivity contribution >= 4 is 79.0 Å². The number of benzene rings is 12. The first-order valence-electron chi connectivity index (χ1n) is 29.8. The summed E-state index contributed by atoms with van der Waals surface area (Å²) in [5.74, 6) is 2.29. The Kier molecular flexibility index (Phi) is 12.1. The molecule has 0 fully saturated rings.